The topological polar surface area (TPSA) is 119 Å². The third-order valence-electron chi connectivity index (χ3n) is 9.02. The van der Waals surface area contributed by atoms with Crippen LogP contribution in [0.4, 0.5) is 4.39 Å². The molecule has 3 aliphatic rings. The highest BCUT2D eigenvalue weighted by molar-refractivity contribution is 5.99. The molecule has 5 rings (SSSR count). The molecule has 1 fully saturated rings. The summed E-state index contributed by atoms with van der Waals surface area (Å²) in [5.74, 6) is 0.394. The van der Waals surface area contributed by atoms with E-state index in [2.05, 4.69) is 15.6 Å². The van der Waals surface area contributed by atoms with Crippen molar-refractivity contribution in [2.75, 3.05) is 33.2 Å². The lowest BCUT2D eigenvalue weighted by atomic mass is 9.85. The van der Waals surface area contributed by atoms with E-state index in [4.69, 9.17) is 9.73 Å². The van der Waals surface area contributed by atoms with Crippen molar-refractivity contribution in [1.82, 2.24) is 30.3 Å². The van der Waals surface area contributed by atoms with Crippen molar-refractivity contribution in [3.05, 3.63) is 84.6 Å². The van der Waals surface area contributed by atoms with Gasteiger partial charge in [0.1, 0.15) is 35.6 Å². The number of benzene rings is 1. The Hall–Kier alpha value is -4.58. The number of amidine groups is 1. The minimum atomic E-state index is -0.818. The maximum Gasteiger partial charge on any atom is 0.249 e. The number of pyridine rings is 1. The zero-order valence-corrected chi connectivity index (χ0v) is 28.3. The predicted octanol–water partition coefficient (Wildman–Crippen LogP) is 2.95. The van der Waals surface area contributed by atoms with Gasteiger partial charge in [0.15, 0.2) is 0 Å². The van der Waals surface area contributed by atoms with Crippen LogP contribution in [0, 0.1) is 11.2 Å². The molecule has 0 saturated carbocycles. The van der Waals surface area contributed by atoms with Gasteiger partial charge in [0.25, 0.3) is 0 Å². The van der Waals surface area contributed by atoms with Crippen molar-refractivity contribution < 1.29 is 23.5 Å². The summed E-state index contributed by atoms with van der Waals surface area (Å²) < 4.78 is 20.0. The summed E-state index contributed by atoms with van der Waals surface area (Å²) >= 11 is 0. The van der Waals surface area contributed by atoms with Gasteiger partial charge in [-0.15, -0.1) is 0 Å². The number of likely N-dealkylation sites (N-methyl/N-ethyl adjacent to an activating group) is 1. The number of nitrogens with zero attached hydrogens (tertiary/aromatic N) is 5. The molecule has 3 amide bonds. The molecular formula is C36H46FN7O4. The Kier molecular flexibility index (Phi) is 10.9. The zero-order valence-electron chi connectivity index (χ0n) is 28.3. The first-order chi connectivity index (χ1) is 22.9. The molecule has 5 atom stereocenters. The Morgan fingerprint density at radius 1 is 1.08 bits per heavy atom. The van der Waals surface area contributed by atoms with E-state index in [-0.39, 0.29) is 42.7 Å². The van der Waals surface area contributed by atoms with E-state index in [1.54, 1.807) is 60.4 Å². The van der Waals surface area contributed by atoms with Crippen LogP contribution in [0.1, 0.15) is 39.7 Å². The zero-order chi connectivity index (χ0) is 34.4. The molecule has 3 aliphatic heterocycles. The van der Waals surface area contributed by atoms with Gasteiger partial charge in [0.2, 0.25) is 17.7 Å². The summed E-state index contributed by atoms with van der Waals surface area (Å²) in [6.07, 6.45) is 11.5. The Balaban J connectivity index is 1.43. The van der Waals surface area contributed by atoms with E-state index in [1.165, 1.54) is 12.1 Å². The fraction of sp³-hybridized carbons (Fsp3) is 0.472. The Morgan fingerprint density at radius 3 is 2.48 bits per heavy atom. The van der Waals surface area contributed by atoms with Gasteiger partial charge >= 0.3 is 0 Å². The summed E-state index contributed by atoms with van der Waals surface area (Å²) in [6.45, 7) is 8.81. The number of likely N-dealkylation sites (tertiary alicyclic amines) is 1. The van der Waals surface area contributed by atoms with Gasteiger partial charge in [0.05, 0.1) is 25.2 Å². The lowest BCUT2D eigenvalue weighted by Gasteiger charge is -2.37. The van der Waals surface area contributed by atoms with E-state index < -0.39 is 29.6 Å². The standard InChI is InChI=1S/C36H46FN7O4/c1-24(38-5)33(45)41-32(36(2,3)4)35(47)44-22-29(48-28-13-16-39-17-14-28)20-27(44)21-43(19-15-25-9-11-26(37)12-10-25)34(46)30-23-42-18-7-6-8-31(42)40-30/h6-14,16-18,24,27,29-30,32,38H,15,19-23H2,1-5H3,(H,41,45)/t24-,27-,29-,30?,32+/m0/s1. The first kappa shape index (κ1) is 34.7. The monoisotopic (exact) mass is 659 g/mol. The number of rotatable bonds is 12. The highest BCUT2D eigenvalue weighted by Crippen LogP contribution is 2.29. The highest BCUT2D eigenvalue weighted by Gasteiger charge is 2.45. The summed E-state index contributed by atoms with van der Waals surface area (Å²) in [7, 11) is 1.70. The third-order valence-corrected chi connectivity index (χ3v) is 9.02. The first-order valence-electron chi connectivity index (χ1n) is 16.5. The molecule has 1 aromatic heterocycles. The largest absolute Gasteiger partial charge is 0.488 e. The molecule has 2 N–H and O–H groups in total. The normalized spacial score (nSPS) is 21.4. The maximum atomic E-state index is 14.5. The Morgan fingerprint density at radius 2 is 1.81 bits per heavy atom. The lowest BCUT2D eigenvalue weighted by molar-refractivity contribution is -0.142. The molecule has 256 valence electrons. The van der Waals surface area contributed by atoms with Crippen LogP contribution in [-0.2, 0) is 20.8 Å². The molecule has 0 aliphatic carbocycles. The molecule has 1 unspecified atom stereocenters. The number of allylic oxidation sites excluding steroid dienone is 2. The number of aliphatic imine (C=N–C) groups is 1. The van der Waals surface area contributed by atoms with Gasteiger partial charge in [-0.25, -0.2) is 4.39 Å². The van der Waals surface area contributed by atoms with Crippen LogP contribution in [0.25, 0.3) is 0 Å². The second kappa shape index (κ2) is 15.1. The SMILES string of the molecule is CN[C@@H](C)C(=O)N[C@H](C(=O)N1C[C@@H](Oc2ccncc2)C[C@H]1CN(CCc1ccc(F)cc1)C(=O)C1CN2C=CC=CC2=N1)C(C)(C)C. The van der Waals surface area contributed by atoms with Crippen molar-refractivity contribution in [1.29, 1.82) is 0 Å². The minimum Gasteiger partial charge on any atom is -0.488 e. The first-order valence-corrected chi connectivity index (χ1v) is 16.5. The average molecular weight is 660 g/mol. The minimum absolute atomic E-state index is 0.143. The number of halogens is 1. The van der Waals surface area contributed by atoms with Gasteiger partial charge in [-0.2, -0.15) is 0 Å². The second-order valence-corrected chi connectivity index (χ2v) is 13.6. The third kappa shape index (κ3) is 8.46. The summed E-state index contributed by atoms with van der Waals surface area (Å²) in [6, 6.07) is 7.48. The number of carbonyl (C=O) groups is 3. The molecule has 1 aromatic carbocycles. The molecule has 12 heteroatoms. The summed E-state index contributed by atoms with van der Waals surface area (Å²) in [5.41, 5.74) is 0.293. The van der Waals surface area contributed by atoms with E-state index in [9.17, 15) is 18.8 Å². The maximum absolute atomic E-state index is 14.5. The smallest absolute Gasteiger partial charge is 0.249 e. The van der Waals surface area contributed by atoms with Crippen molar-refractivity contribution >= 4 is 23.6 Å². The lowest BCUT2D eigenvalue weighted by Crippen LogP contribution is -2.59. The second-order valence-electron chi connectivity index (χ2n) is 13.6. The van der Waals surface area contributed by atoms with E-state index in [1.807, 2.05) is 50.1 Å². The number of hydrogen-bond acceptors (Lipinski definition) is 8. The summed E-state index contributed by atoms with van der Waals surface area (Å²) in [5, 5.41) is 5.92. The number of amides is 3. The number of nitrogens with one attached hydrogen (secondary N) is 2. The van der Waals surface area contributed by atoms with Crippen LogP contribution in [0.5, 0.6) is 5.75 Å². The quantitative estimate of drug-likeness (QED) is 0.360. The van der Waals surface area contributed by atoms with Crippen LogP contribution in [-0.4, -0.2) is 107 Å². The van der Waals surface area contributed by atoms with Crippen LogP contribution in [0.2, 0.25) is 0 Å². The molecule has 0 radical (unpaired) electrons. The van der Waals surface area contributed by atoms with Crippen LogP contribution in [0.15, 0.2) is 78.2 Å². The molecule has 4 heterocycles. The van der Waals surface area contributed by atoms with Crippen LogP contribution in [0.3, 0.4) is 0 Å². The van der Waals surface area contributed by atoms with Crippen molar-refractivity contribution in [3.8, 4) is 5.75 Å². The summed E-state index contributed by atoms with van der Waals surface area (Å²) in [4.78, 5) is 56.0. The number of hydrogen-bond donors (Lipinski definition) is 2. The fourth-order valence-corrected chi connectivity index (χ4v) is 6.15. The predicted molar refractivity (Wildman–Crippen MR) is 182 cm³/mol. The van der Waals surface area contributed by atoms with Crippen LogP contribution >= 0.6 is 0 Å². The molecule has 48 heavy (non-hydrogen) atoms. The highest BCUT2D eigenvalue weighted by atomic mass is 19.1. The van der Waals surface area contributed by atoms with Crippen LogP contribution < -0.4 is 15.4 Å². The molecular weight excluding hydrogens is 613 g/mol. The number of ether oxygens (including phenoxy) is 1. The fourth-order valence-electron chi connectivity index (χ4n) is 6.15. The molecule has 2 aromatic rings. The van der Waals surface area contributed by atoms with E-state index in [0.29, 0.717) is 31.7 Å². The Bertz CT molecular complexity index is 1540. The van der Waals surface area contributed by atoms with E-state index in [0.717, 1.165) is 11.4 Å². The molecule has 0 bridgehead atoms. The molecule has 0 spiro atoms. The number of carbonyl (C=O) groups excluding carboxylic acids is 3. The van der Waals surface area contributed by atoms with E-state index >= 15 is 0 Å². The van der Waals surface area contributed by atoms with Crippen molar-refractivity contribution in [2.24, 2.45) is 10.4 Å². The van der Waals surface area contributed by atoms with Gasteiger partial charge in [-0.3, -0.25) is 24.4 Å². The van der Waals surface area contributed by atoms with Gasteiger partial charge in [0, 0.05) is 38.1 Å². The van der Waals surface area contributed by atoms with Gasteiger partial charge < -0.3 is 30.1 Å². The molecule has 1 saturated heterocycles. The van der Waals surface area contributed by atoms with Crippen molar-refractivity contribution in [3.63, 3.8) is 0 Å². The average Bonchev–Trinajstić information content (AvgIpc) is 3.69. The Labute approximate surface area is 281 Å². The number of aromatic nitrogens is 1. The molecule has 11 nitrogen and oxygen atoms in total. The van der Waals surface area contributed by atoms with Crippen molar-refractivity contribution in [2.45, 2.75) is 70.8 Å². The number of fused-ring (bicyclic) bond motifs is 1. The van der Waals surface area contributed by atoms with Gasteiger partial charge in [-0.05, 0) is 67.8 Å². The van der Waals surface area contributed by atoms with Gasteiger partial charge in [-0.1, -0.05) is 39.0 Å².